The molecule has 0 spiro atoms. The molecular formula is C15H14B2FNO. The van der Waals surface area contributed by atoms with Gasteiger partial charge in [0.1, 0.15) is 18.2 Å². The monoisotopic (exact) mass is 265 g/mol. The van der Waals surface area contributed by atoms with Gasteiger partial charge in [0.15, 0.2) is 7.31 Å². The summed E-state index contributed by atoms with van der Waals surface area (Å²) in [6.07, 6.45) is 2.06. The molecule has 1 aromatic heterocycles. The summed E-state index contributed by atoms with van der Waals surface area (Å²) in [6.45, 7) is 0.369. The van der Waals surface area contributed by atoms with Crippen molar-refractivity contribution in [2.45, 2.75) is 6.61 Å². The summed E-state index contributed by atoms with van der Waals surface area (Å²) in [7, 11) is 3.04. The van der Waals surface area contributed by atoms with Crippen LogP contribution in [0.3, 0.4) is 0 Å². The summed E-state index contributed by atoms with van der Waals surface area (Å²) in [5.74, 6) is 0.598. The van der Waals surface area contributed by atoms with Crippen LogP contribution in [-0.2, 0) is 6.61 Å². The maximum absolute atomic E-state index is 13.1. The van der Waals surface area contributed by atoms with Crippen LogP contribution in [0.1, 0.15) is 5.56 Å². The molecule has 5 heteroatoms. The molecule has 0 aliphatic carbocycles. The van der Waals surface area contributed by atoms with Gasteiger partial charge in [-0.25, -0.2) is 4.39 Å². The Morgan fingerprint density at radius 3 is 2.80 bits per heavy atom. The van der Waals surface area contributed by atoms with Crippen LogP contribution in [0, 0.1) is 5.82 Å². The van der Waals surface area contributed by atoms with Crippen molar-refractivity contribution in [1.29, 1.82) is 0 Å². The molecular weight excluding hydrogens is 251 g/mol. The SMILES string of the molecule is BBn1ccc2c(OCc3cccc(F)c3)cccc21. The van der Waals surface area contributed by atoms with Crippen LogP contribution in [0.15, 0.2) is 54.7 Å². The smallest absolute Gasteiger partial charge is 0.197 e. The third-order valence-electron chi connectivity index (χ3n) is 3.40. The van der Waals surface area contributed by atoms with Gasteiger partial charge < -0.3 is 9.21 Å². The van der Waals surface area contributed by atoms with Crippen LogP contribution in [0.5, 0.6) is 5.75 Å². The number of ether oxygens (including phenoxy) is 1. The van der Waals surface area contributed by atoms with Crippen LogP contribution in [-0.4, -0.2) is 19.5 Å². The molecule has 2 nitrogen and oxygen atoms in total. The lowest BCUT2D eigenvalue weighted by atomic mass is 9.67. The van der Waals surface area contributed by atoms with Crippen molar-refractivity contribution in [3.63, 3.8) is 0 Å². The van der Waals surface area contributed by atoms with Crippen LogP contribution < -0.4 is 4.74 Å². The van der Waals surface area contributed by atoms with Crippen molar-refractivity contribution < 1.29 is 9.13 Å². The zero-order valence-corrected chi connectivity index (χ0v) is 11.3. The fourth-order valence-corrected chi connectivity index (χ4v) is 2.38. The van der Waals surface area contributed by atoms with Gasteiger partial charge in [0, 0.05) is 10.9 Å². The molecule has 0 fully saturated rings. The summed E-state index contributed by atoms with van der Waals surface area (Å²) >= 11 is 0. The molecule has 98 valence electrons. The quantitative estimate of drug-likeness (QED) is 0.659. The molecule has 0 atom stereocenters. The first kappa shape index (κ1) is 12.9. The molecule has 0 amide bonds. The molecule has 0 aliphatic rings. The molecule has 1 heterocycles. The number of hydrogen-bond acceptors (Lipinski definition) is 1. The molecule has 0 radical (unpaired) electrons. The highest BCUT2D eigenvalue weighted by Crippen LogP contribution is 2.26. The van der Waals surface area contributed by atoms with Crippen LogP contribution in [0.25, 0.3) is 10.9 Å². The summed E-state index contributed by atoms with van der Waals surface area (Å²) in [6, 6.07) is 14.6. The Morgan fingerprint density at radius 1 is 1.15 bits per heavy atom. The van der Waals surface area contributed by atoms with Gasteiger partial charge in [0.25, 0.3) is 0 Å². The Kier molecular flexibility index (Phi) is 3.50. The fourth-order valence-electron chi connectivity index (χ4n) is 2.38. The van der Waals surface area contributed by atoms with E-state index in [-0.39, 0.29) is 5.82 Å². The van der Waals surface area contributed by atoms with E-state index in [1.807, 2.05) is 18.2 Å². The Bertz CT molecular complexity index is 742. The molecule has 3 rings (SSSR count). The number of aromatic nitrogens is 1. The number of nitrogens with zero attached hydrogens (tertiary/aromatic N) is 1. The summed E-state index contributed by atoms with van der Waals surface area (Å²) in [4.78, 5) is 0. The van der Waals surface area contributed by atoms with Crippen molar-refractivity contribution >= 4 is 25.9 Å². The van der Waals surface area contributed by atoms with Crippen molar-refractivity contribution in [3.8, 4) is 5.75 Å². The molecule has 0 saturated carbocycles. The van der Waals surface area contributed by atoms with Gasteiger partial charge in [-0.15, -0.1) is 0 Å². The third-order valence-corrected chi connectivity index (χ3v) is 3.40. The maximum Gasteiger partial charge on any atom is 0.197 e. The van der Waals surface area contributed by atoms with Crippen LogP contribution in [0.4, 0.5) is 4.39 Å². The van der Waals surface area contributed by atoms with Crippen molar-refractivity contribution in [3.05, 3.63) is 66.1 Å². The first-order chi connectivity index (χ1) is 9.78. The highest BCUT2D eigenvalue weighted by Gasteiger charge is 2.06. The summed E-state index contributed by atoms with van der Waals surface area (Å²) < 4.78 is 21.1. The zero-order valence-electron chi connectivity index (χ0n) is 11.3. The second kappa shape index (κ2) is 5.45. The fraction of sp³-hybridized carbons (Fsp3) is 0.0667. The highest BCUT2D eigenvalue weighted by atomic mass is 19.1. The molecule has 20 heavy (non-hydrogen) atoms. The standard InChI is InChI=1S/C15H14B2FNO/c16-17-19-8-7-13-14(19)5-2-6-15(13)20-10-11-3-1-4-12(18)9-11/h1-9,17H,10,16H2. The first-order valence-electron chi connectivity index (χ1n) is 6.73. The predicted octanol–water partition coefficient (Wildman–Crippen LogP) is 2.11. The second-order valence-electron chi connectivity index (χ2n) is 4.71. The lowest BCUT2D eigenvalue weighted by Crippen LogP contribution is -2.03. The lowest BCUT2D eigenvalue weighted by molar-refractivity contribution is 0.309. The second-order valence-corrected chi connectivity index (χ2v) is 4.71. The molecule has 0 N–H and O–H groups in total. The van der Waals surface area contributed by atoms with E-state index in [1.165, 1.54) is 12.1 Å². The zero-order chi connectivity index (χ0) is 13.9. The first-order valence-corrected chi connectivity index (χ1v) is 6.73. The van der Waals surface area contributed by atoms with Crippen molar-refractivity contribution in [2.24, 2.45) is 0 Å². The summed E-state index contributed by atoms with van der Waals surface area (Å²) in [5.41, 5.74) is 1.99. The van der Waals surface area contributed by atoms with E-state index < -0.39 is 0 Å². The van der Waals surface area contributed by atoms with E-state index >= 15 is 0 Å². The molecule has 3 aromatic rings. The van der Waals surface area contributed by atoms with E-state index in [2.05, 4.69) is 30.5 Å². The van der Waals surface area contributed by atoms with Gasteiger partial charge in [-0.05, 0) is 42.1 Å². The Hall–Kier alpha value is -2.16. The Balaban J connectivity index is 1.86. The maximum atomic E-state index is 13.1. The van der Waals surface area contributed by atoms with Crippen molar-refractivity contribution in [1.82, 2.24) is 4.48 Å². The van der Waals surface area contributed by atoms with Gasteiger partial charge in [-0.2, -0.15) is 0 Å². The molecule has 0 aliphatic heterocycles. The molecule has 0 saturated heterocycles. The van der Waals surface area contributed by atoms with Crippen molar-refractivity contribution in [2.75, 3.05) is 0 Å². The van der Waals surface area contributed by atoms with E-state index in [9.17, 15) is 4.39 Å². The number of rotatable bonds is 4. The lowest BCUT2D eigenvalue weighted by Gasteiger charge is -2.08. The number of fused-ring (bicyclic) bond motifs is 1. The minimum absolute atomic E-state index is 0.235. The average Bonchev–Trinajstić information content (AvgIpc) is 2.89. The third kappa shape index (κ3) is 2.44. The summed E-state index contributed by atoms with van der Waals surface area (Å²) in [5, 5.41) is 1.09. The van der Waals surface area contributed by atoms with Crippen LogP contribution >= 0.6 is 0 Å². The molecule has 0 bridgehead atoms. The van der Waals surface area contributed by atoms with Gasteiger partial charge >= 0.3 is 0 Å². The van der Waals surface area contributed by atoms with Gasteiger partial charge in [-0.3, -0.25) is 0 Å². The van der Waals surface area contributed by atoms with Gasteiger partial charge in [0.2, 0.25) is 0 Å². The van der Waals surface area contributed by atoms with Crippen LogP contribution in [0.2, 0.25) is 0 Å². The van der Waals surface area contributed by atoms with E-state index in [1.54, 1.807) is 6.07 Å². The molecule has 2 aromatic carbocycles. The largest absolute Gasteiger partial charge is 0.488 e. The normalized spacial score (nSPS) is 10.7. The number of benzene rings is 2. The predicted molar refractivity (Wildman–Crippen MR) is 83.8 cm³/mol. The topological polar surface area (TPSA) is 14.2 Å². The van der Waals surface area contributed by atoms with E-state index in [4.69, 9.17) is 4.74 Å². The minimum atomic E-state index is -0.235. The van der Waals surface area contributed by atoms with E-state index in [0.29, 0.717) is 6.61 Å². The highest BCUT2D eigenvalue weighted by molar-refractivity contribution is 6.88. The van der Waals surface area contributed by atoms with Gasteiger partial charge in [0.05, 0.1) is 7.74 Å². The Labute approximate surface area is 118 Å². The average molecular weight is 265 g/mol. The minimum Gasteiger partial charge on any atom is -0.488 e. The van der Waals surface area contributed by atoms with Gasteiger partial charge in [-0.1, -0.05) is 18.2 Å². The Morgan fingerprint density at radius 2 is 2.00 bits per heavy atom. The number of hydrogen-bond donors (Lipinski definition) is 0. The number of halogens is 1. The molecule has 0 unspecified atom stereocenters. The van der Waals surface area contributed by atoms with E-state index in [0.717, 1.165) is 29.5 Å².